The summed E-state index contributed by atoms with van der Waals surface area (Å²) >= 11 is 1.46. The van der Waals surface area contributed by atoms with Gasteiger partial charge >= 0.3 is 0 Å². The van der Waals surface area contributed by atoms with Crippen molar-refractivity contribution in [3.8, 4) is 10.4 Å². The van der Waals surface area contributed by atoms with Gasteiger partial charge in [0.05, 0.1) is 4.88 Å². The van der Waals surface area contributed by atoms with Crippen LogP contribution in [0, 0.1) is 0 Å². The lowest BCUT2D eigenvalue weighted by molar-refractivity contribution is 0.0718. The van der Waals surface area contributed by atoms with Crippen molar-refractivity contribution in [1.82, 2.24) is 14.9 Å². The molecule has 0 spiro atoms. The maximum absolute atomic E-state index is 13.0. The van der Waals surface area contributed by atoms with Crippen LogP contribution < -0.4 is 11.3 Å². The molecule has 3 N–H and O–H groups in total. The Morgan fingerprint density at radius 3 is 2.71 bits per heavy atom. The number of thiophene rings is 1. The zero-order valence-corrected chi connectivity index (χ0v) is 17.7. The first-order valence-corrected chi connectivity index (χ1v) is 11.1. The van der Waals surface area contributed by atoms with Crippen molar-refractivity contribution in [3.63, 3.8) is 0 Å². The minimum Gasteiger partial charge on any atom is -0.383 e. The molecule has 4 heterocycles. The van der Waals surface area contributed by atoms with Crippen LogP contribution in [0.4, 0.5) is 5.82 Å². The summed E-state index contributed by atoms with van der Waals surface area (Å²) in [5, 5.41) is 2.09. The Morgan fingerprint density at radius 2 is 1.94 bits per heavy atom. The number of rotatable bonds is 3. The molecule has 1 aliphatic heterocycles. The van der Waals surface area contributed by atoms with E-state index in [9.17, 15) is 9.59 Å². The topological polar surface area (TPSA) is 92.1 Å². The molecule has 0 aliphatic carbocycles. The summed E-state index contributed by atoms with van der Waals surface area (Å²) in [6.45, 7) is 1.46. The van der Waals surface area contributed by atoms with Gasteiger partial charge in [0.15, 0.2) is 0 Å². The van der Waals surface area contributed by atoms with E-state index >= 15 is 0 Å². The molecule has 156 valence electrons. The van der Waals surface area contributed by atoms with E-state index in [1.807, 2.05) is 23.1 Å². The minimum atomic E-state index is -0.134. The van der Waals surface area contributed by atoms with Crippen LogP contribution in [-0.4, -0.2) is 33.9 Å². The molecule has 0 bridgehead atoms. The predicted octanol–water partition coefficient (Wildman–Crippen LogP) is 4.25. The number of amides is 1. The largest absolute Gasteiger partial charge is 0.383 e. The molecule has 6 nitrogen and oxygen atoms in total. The zero-order valence-electron chi connectivity index (χ0n) is 16.9. The number of nitrogens with zero attached hydrogens (tertiary/aromatic N) is 2. The first kappa shape index (κ1) is 19.5. The van der Waals surface area contributed by atoms with Crippen molar-refractivity contribution in [2.75, 3.05) is 18.8 Å². The van der Waals surface area contributed by atoms with Crippen molar-refractivity contribution in [1.29, 1.82) is 0 Å². The highest BCUT2D eigenvalue weighted by molar-refractivity contribution is 7.17. The summed E-state index contributed by atoms with van der Waals surface area (Å²) in [7, 11) is 0. The summed E-state index contributed by atoms with van der Waals surface area (Å²) < 4.78 is 0. The third-order valence-corrected chi connectivity index (χ3v) is 7.08. The van der Waals surface area contributed by atoms with Crippen LogP contribution >= 0.6 is 11.3 Å². The Balaban J connectivity index is 1.27. The Labute approximate surface area is 183 Å². The number of nitrogens with two attached hydrogens (primary N) is 1. The van der Waals surface area contributed by atoms with Gasteiger partial charge in [0, 0.05) is 47.4 Å². The van der Waals surface area contributed by atoms with Crippen molar-refractivity contribution in [2.45, 2.75) is 18.8 Å². The van der Waals surface area contributed by atoms with Crippen LogP contribution in [0.1, 0.15) is 34.0 Å². The van der Waals surface area contributed by atoms with E-state index in [0.29, 0.717) is 11.7 Å². The van der Waals surface area contributed by atoms with E-state index in [2.05, 4.69) is 28.2 Å². The first-order valence-electron chi connectivity index (χ1n) is 10.3. The fourth-order valence-electron chi connectivity index (χ4n) is 4.21. The molecule has 1 saturated heterocycles. The average molecular weight is 431 g/mol. The maximum Gasteiger partial charge on any atom is 0.263 e. The lowest BCUT2D eigenvalue weighted by Gasteiger charge is -2.32. The number of nitrogen functional groups attached to an aromatic ring is 1. The second kappa shape index (κ2) is 8.00. The van der Waals surface area contributed by atoms with E-state index in [0.717, 1.165) is 52.0 Å². The number of benzene rings is 1. The number of fused-ring (bicyclic) bond motifs is 1. The third kappa shape index (κ3) is 3.84. The van der Waals surface area contributed by atoms with E-state index in [-0.39, 0.29) is 11.5 Å². The summed E-state index contributed by atoms with van der Waals surface area (Å²) in [5.41, 5.74) is 8.09. The number of likely N-dealkylation sites (tertiary alicyclic amines) is 1. The summed E-state index contributed by atoms with van der Waals surface area (Å²) in [6.07, 6.45) is 5.26. The Hall–Kier alpha value is -3.45. The monoisotopic (exact) mass is 430 g/mol. The van der Waals surface area contributed by atoms with Gasteiger partial charge in [-0.1, -0.05) is 12.1 Å². The second-order valence-corrected chi connectivity index (χ2v) is 8.93. The number of carbonyl (C=O) groups is 1. The van der Waals surface area contributed by atoms with Crippen molar-refractivity contribution in [2.24, 2.45) is 0 Å². The molecule has 1 fully saturated rings. The number of H-pyrrole nitrogens is 1. The summed E-state index contributed by atoms with van der Waals surface area (Å²) in [6, 6.07) is 15.5. The van der Waals surface area contributed by atoms with Gasteiger partial charge in [-0.25, -0.2) is 4.98 Å². The van der Waals surface area contributed by atoms with E-state index < -0.39 is 0 Å². The molecule has 7 heteroatoms. The molecule has 0 saturated carbocycles. The van der Waals surface area contributed by atoms with Gasteiger partial charge in [-0.05, 0) is 60.0 Å². The molecule has 1 amide bonds. The van der Waals surface area contributed by atoms with Crippen LogP contribution in [0.5, 0.6) is 0 Å². The number of anilines is 1. The number of piperidine rings is 1. The molecule has 3 aromatic heterocycles. The van der Waals surface area contributed by atoms with Crippen LogP contribution in [-0.2, 0) is 0 Å². The Bertz CT molecular complexity index is 1300. The maximum atomic E-state index is 13.0. The molecule has 1 aromatic carbocycles. The molecule has 1 aliphatic rings. The number of aromatic amines is 1. The molecule has 31 heavy (non-hydrogen) atoms. The lowest BCUT2D eigenvalue weighted by atomic mass is 9.88. The number of hydrogen-bond acceptors (Lipinski definition) is 5. The van der Waals surface area contributed by atoms with Crippen LogP contribution in [0.15, 0.2) is 65.7 Å². The smallest absolute Gasteiger partial charge is 0.263 e. The van der Waals surface area contributed by atoms with Gasteiger partial charge < -0.3 is 15.6 Å². The standard InChI is InChI=1S/C24H22N4O2S/c25-23-19-13-17(2-1-16(19)7-10-26-23)15-8-11-28(12-9-15)24(30)21-5-4-20(31-21)18-3-6-22(29)27-14-18/h1-7,10,13-15H,8-9,11-12H2,(H2,25,26)(H,27,29). The van der Waals surface area contributed by atoms with Gasteiger partial charge in [0.1, 0.15) is 5.82 Å². The van der Waals surface area contributed by atoms with Gasteiger partial charge in [0.2, 0.25) is 5.56 Å². The number of carbonyl (C=O) groups excluding carboxylic acids is 1. The molecule has 5 rings (SSSR count). The fourth-order valence-corrected chi connectivity index (χ4v) is 5.18. The molecule has 0 atom stereocenters. The van der Waals surface area contributed by atoms with E-state index in [1.165, 1.54) is 23.0 Å². The molecule has 4 aromatic rings. The Kier molecular flexibility index (Phi) is 5.03. The highest BCUT2D eigenvalue weighted by Gasteiger charge is 2.25. The van der Waals surface area contributed by atoms with Crippen LogP contribution in [0.3, 0.4) is 0 Å². The van der Waals surface area contributed by atoms with Crippen LogP contribution in [0.2, 0.25) is 0 Å². The van der Waals surface area contributed by atoms with E-state index in [1.54, 1.807) is 18.5 Å². The Morgan fingerprint density at radius 1 is 1.10 bits per heavy atom. The third-order valence-electron chi connectivity index (χ3n) is 5.96. The number of pyridine rings is 2. The van der Waals surface area contributed by atoms with Crippen molar-refractivity contribution >= 4 is 33.8 Å². The minimum absolute atomic E-state index is 0.0751. The first-order chi connectivity index (χ1) is 15.1. The zero-order chi connectivity index (χ0) is 21.4. The molecular formula is C24H22N4O2S. The van der Waals surface area contributed by atoms with Crippen molar-refractivity contribution in [3.05, 3.63) is 81.7 Å². The average Bonchev–Trinajstić information content (AvgIpc) is 3.30. The normalized spacial score (nSPS) is 14.8. The number of hydrogen-bond donors (Lipinski definition) is 2. The number of nitrogens with one attached hydrogen (secondary N) is 1. The van der Waals surface area contributed by atoms with Crippen molar-refractivity contribution < 1.29 is 4.79 Å². The summed E-state index contributed by atoms with van der Waals surface area (Å²) in [4.78, 5) is 34.8. The second-order valence-electron chi connectivity index (χ2n) is 7.85. The molecule has 0 radical (unpaired) electrons. The van der Waals surface area contributed by atoms with E-state index in [4.69, 9.17) is 5.73 Å². The molecule has 0 unspecified atom stereocenters. The summed E-state index contributed by atoms with van der Waals surface area (Å²) in [5.74, 6) is 1.04. The van der Waals surface area contributed by atoms with Crippen LogP contribution in [0.25, 0.3) is 21.2 Å². The number of aromatic nitrogens is 2. The highest BCUT2D eigenvalue weighted by Crippen LogP contribution is 2.33. The fraction of sp³-hybridized carbons (Fsp3) is 0.208. The van der Waals surface area contributed by atoms with Gasteiger partial charge in [-0.15, -0.1) is 11.3 Å². The SMILES string of the molecule is Nc1nccc2ccc(C3CCN(C(=O)c4ccc(-c5ccc(=O)[nH]c5)s4)CC3)cc12. The quantitative estimate of drug-likeness (QED) is 0.508. The lowest BCUT2D eigenvalue weighted by Crippen LogP contribution is -2.37. The molecular weight excluding hydrogens is 408 g/mol. The van der Waals surface area contributed by atoms with Gasteiger partial charge in [-0.2, -0.15) is 0 Å². The predicted molar refractivity (Wildman–Crippen MR) is 124 cm³/mol. The van der Waals surface area contributed by atoms with Gasteiger partial charge in [0.25, 0.3) is 5.91 Å². The van der Waals surface area contributed by atoms with Gasteiger partial charge in [-0.3, -0.25) is 9.59 Å². The highest BCUT2D eigenvalue weighted by atomic mass is 32.1.